The SMILES string of the molecule is CCCCCCCCCCCOC(=O)Nc1ccn([C@@H]2O[C@H](CO)[C@@H](O)[C@@H]2O)c(=O)n1. The first kappa shape index (κ1) is 25.3. The number of carbonyl (C=O) groups excluding carboxylic acids is 1. The summed E-state index contributed by atoms with van der Waals surface area (Å²) in [6.45, 7) is 2.00. The van der Waals surface area contributed by atoms with E-state index in [1.54, 1.807) is 0 Å². The van der Waals surface area contributed by atoms with Crippen LogP contribution < -0.4 is 11.0 Å². The molecular weight excluding hydrogens is 406 g/mol. The Labute approximate surface area is 182 Å². The van der Waals surface area contributed by atoms with Crippen LogP contribution in [0.3, 0.4) is 0 Å². The van der Waals surface area contributed by atoms with Crippen LogP contribution in [0.1, 0.15) is 70.9 Å². The van der Waals surface area contributed by atoms with Crippen LogP contribution in [0.5, 0.6) is 0 Å². The number of aliphatic hydroxyl groups excluding tert-OH is 3. The van der Waals surface area contributed by atoms with Crippen LogP contribution in [-0.2, 0) is 9.47 Å². The van der Waals surface area contributed by atoms with Gasteiger partial charge in [-0.1, -0.05) is 58.3 Å². The topological polar surface area (TPSA) is 143 Å². The molecule has 4 atom stereocenters. The number of nitrogens with zero attached hydrogens (tertiary/aromatic N) is 2. The minimum absolute atomic E-state index is 0.00470. The summed E-state index contributed by atoms with van der Waals surface area (Å²) < 4.78 is 11.4. The molecule has 0 radical (unpaired) electrons. The Morgan fingerprint density at radius 2 is 1.77 bits per heavy atom. The predicted molar refractivity (Wildman–Crippen MR) is 114 cm³/mol. The summed E-state index contributed by atoms with van der Waals surface area (Å²) in [5.41, 5.74) is -0.786. The summed E-state index contributed by atoms with van der Waals surface area (Å²) in [5.74, 6) is 0.00470. The van der Waals surface area contributed by atoms with Crippen LogP contribution in [0.15, 0.2) is 17.1 Å². The maximum atomic E-state index is 12.2. The molecule has 2 rings (SSSR count). The van der Waals surface area contributed by atoms with Gasteiger partial charge < -0.3 is 24.8 Å². The number of ether oxygens (including phenoxy) is 2. The zero-order chi connectivity index (χ0) is 22.6. The monoisotopic (exact) mass is 441 g/mol. The van der Waals surface area contributed by atoms with Gasteiger partial charge in [0.2, 0.25) is 0 Å². The molecule has 1 aliphatic rings. The lowest BCUT2D eigenvalue weighted by Gasteiger charge is -2.17. The lowest BCUT2D eigenvalue weighted by Crippen LogP contribution is -2.36. The molecule has 1 saturated heterocycles. The van der Waals surface area contributed by atoms with E-state index >= 15 is 0 Å². The summed E-state index contributed by atoms with van der Waals surface area (Å²) >= 11 is 0. The molecule has 0 unspecified atom stereocenters. The number of unbranched alkanes of at least 4 members (excludes halogenated alkanes) is 8. The van der Waals surface area contributed by atoms with Crippen LogP contribution in [0.2, 0.25) is 0 Å². The smallest absolute Gasteiger partial charge is 0.412 e. The van der Waals surface area contributed by atoms with E-state index in [2.05, 4.69) is 17.2 Å². The second kappa shape index (κ2) is 13.4. The molecule has 0 spiro atoms. The normalized spacial score (nSPS) is 23.1. The van der Waals surface area contributed by atoms with Crippen molar-refractivity contribution in [2.45, 2.75) is 89.3 Å². The first-order chi connectivity index (χ1) is 15.0. The number of hydrogen-bond acceptors (Lipinski definition) is 8. The van der Waals surface area contributed by atoms with Gasteiger partial charge >= 0.3 is 11.8 Å². The number of hydrogen-bond donors (Lipinski definition) is 4. The Morgan fingerprint density at radius 3 is 2.35 bits per heavy atom. The highest BCUT2D eigenvalue weighted by Crippen LogP contribution is 2.28. The molecule has 1 aromatic rings. The van der Waals surface area contributed by atoms with Crippen molar-refractivity contribution < 1.29 is 29.6 Å². The molecule has 0 aromatic carbocycles. The molecule has 10 heteroatoms. The Morgan fingerprint density at radius 1 is 1.13 bits per heavy atom. The van der Waals surface area contributed by atoms with E-state index in [-0.39, 0.29) is 5.82 Å². The average Bonchev–Trinajstić information content (AvgIpc) is 3.03. The van der Waals surface area contributed by atoms with Crippen molar-refractivity contribution >= 4 is 11.9 Å². The maximum absolute atomic E-state index is 12.2. The number of anilines is 1. The molecule has 4 N–H and O–H groups in total. The zero-order valence-electron chi connectivity index (χ0n) is 18.1. The number of nitrogens with one attached hydrogen (secondary N) is 1. The molecule has 1 aliphatic heterocycles. The maximum Gasteiger partial charge on any atom is 0.412 e. The third kappa shape index (κ3) is 7.88. The van der Waals surface area contributed by atoms with Crippen LogP contribution in [0, 0.1) is 0 Å². The quantitative estimate of drug-likeness (QED) is 0.340. The second-order valence-electron chi connectivity index (χ2n) is 7.82. The Hall–Kier alpha value is -2.01. The summed E-state index contributed by atoms with van der Waals surface area (Å²) in [6.07, 6.45) is 6.19. The summed E-state index contributed by atoms with van der Waals surface area (Å²) in [5, 5.41) is 31.3. The average molecular weight is 442 g/mol. The molecular formula is C21H35N3O7. The van der Waals surface area contributed by atoms with Gasteiger partial charge in [-0.15, -0.1) is 0 Å². The van der Waals surface area contributed by atoms with Crippen LogP contribution >= 0.6 is 0 Å². The number of aromatic nitrogens is 2. The Bertz CT molecular complexity index is 727. The summed E-state index contributed by atoms with van der Waals surface area (Å²) in [6, 6.07) is 1.36. The molecule has 10 nitrogen and oxygen atoms in total. The molecule has 0 bridgehead atoms. The van der Waals surface area contributed by atoms with Crippen molar-refractivity contribution in [2.24, 2.45) is 0 Å². The standard InChI is InChI=1S/C21H35N3O7/c1-2-3-4-5-6-7-8-9-10-13-30-21(29)23-16-11-12-24(20(28)22-16)19-18(27)17(26)15(14-25)31-19/h11-12,15,17-19,25-27H,2-10,13-14H2,1H3,(H,22,23,28,29)/t15-,17-,18+,19-/m1/s1. The minimum Gasteiger partial charge on any atom is -0.449 e. The van der Waals surface area contributed by atoms with E-state index in [1.165, 1.54) is 50.8 Å². The summed E-state index contributed by atoms with van der Waals surface area (Å²) in [4.78, 5) is 27.8. The van der Waals surface area contributed by atoms with E-state index < -0.39 is 42.9 Å². The van der Waals surface area contributed by atoms with Crippen molar-refractivity contribution in [1.29, 1.82) is 0 Å². The molecule has 1 aromatic heterocycles. The fraction of sp³-hybridized carbons (Fsp3) is 0.762. The van der Waals surface area contributed by atoms with Gasteiger partial charge in [0.15, 0.2) is 6.23 Å². The molecule has 1 amide bonds. The molecule has 0 saturated carbocycles. The van der Waals surface area contributed by atoms with E-state index in [9.17, 15) is 19.8 Å². The van der Waals surface area contributed by atoms with Crippen molar-refractivity contribution in [1.82, 2.24) is 9.55 Å². The third-order valence-corrected chi connectivity index (χ3v) is 5.33. The van der Waals surface area contributed by atoms with E-state index in [1.807, 2.05) is 0 Å². The van der Waals surface area contributed by atoms with Gasteiger partial charge in [0.25, 0.3) is 0 Å². The molecule has 31 heavy (non-hydrogen) atoms. The Kier molecular flexibility index (Phi) is 10.9. The fourth-order valence-electron chi connectivity index (χ4n) is 3.50. The largest absolute Gasteiger partial charge is 0.449 e. The van der Waals surface area contributed by atoms with Crippen molar-refractivity contribution in [3.05, 3.63) is 22.7 Å². The van der Waals surface area contributed by atoms with Crippen molar-refractivity contribution in [3.63, 3.8) is 0 Å². The molecule has 176 valence electrons. The molecule has 0 aliphatic carbocycles. The van der Waals surface area contributed by atoms with Crippen LogP contribution in [0.25, 0.3) is 0 Å². The number of carbonyl (C=O) groups is 1. The predicted octanol–water partition coefficient (Wildman–Crippen LogP) is 1.93. The third-order valence-electron chi connectivity index (χ3n) is 5.33. The minimum atomic E-state index is -1.39. The highest BCUT2D eigenvalue weighted by molar-refractivity contribution is 5.83. The van der Waals surface area contributed by atoms with Gasteiger partial charge in [-0.25, -0.2) is 9.59 Å². The molecule has 2 heterocycles. The first-order valence-electron chi connectivity index (χ1n) is 11.1. The Balaban J connectivity index is 1.68. The van der Waals surface area contributed by atoms with Crippen LogP contribution in [0.4, 0.5) is 10.6 Å². The number of amides is 1. The van der Waals surface area contributed by atoms with Gasteiger partial charge in [0.1, 0.15) is 24.1 Å². The second-order valence-corrected chi connectivity index (χ2v) is 7.82. The van der Waals surface area contributed by atoms with Gasteiger partial charge in [0.05, 0.1) is 13.2 Å². The van der Waals surface area contributed by atoms with E-state index in [0.717, 1.165) is 23.8 Å². The van der Waals surface area contributed by atoms with Gasteiger partial charge in [-0.3, -0.25) is 9.88 Å². The molecule has 1 fully saturated rings. The number of aliphatic hydroxyl groups is 3. The van der Waals surface area contributed by atoms with Gasteiger partial charge in [-0.05, 0) is 12.5 Å². The highest BCUT2D eigenvalue weighted by atomic mass is 16.6. The van der Waals surface area contributed by atoms with Crippen molar-refractivity contribution in [2.75, 3.05) is 18.5 Å². The van der Waals surface area contributed by atoms with Gasteiger partial charge in [0, 0.05) is 6.20 Å². The van der Waals surface area contributed by atoms with Gasteiger partial charge in [-0.2, -0.15) is 4.98 Å². The lowest BCUT2D eigenvalue weighted by atomic mass is 10.1. The number of rotatable bonds is 13. The van der Waals surface area contributed by atoms with E-state index in [4.69, 9.17) is 14.6 Å². The zero-order valence-corrected chi connectivity index (χ0v) is 18.1. The van der Waals surface area contributed by atoms with Crippen LogP contribution in [-0.4, -0.2) is 62.5 Å². The highest BCUT2D eigenvalue weighted by Gasteiger charge is 2.43. The first-order valence-corrected chi connectivity index (χ1v) is 11.1. The lowest BCUT2D eigenvalue weighted by molar-refractivity contribution is -0.0549. The van der Waals surface area contributed by atoms with Crippen molar-refractivity contribution in [3.8, 4) is 0 Å². The summed E-state index contributed by atoms with van der Waals surface area (Å²) in [7, 11) is 0. The fourth-order valence-corrected chi connectivity index (χ4v) is 3.50. The van der Waals surface area contributed by atoms with E-state index in [0.29, 0.717) is 6.61 Å².